The van der Waals surface area contributed by atoms with Crippen LogP contribution in [-0.2, 0) is 15.1 Å². The molecule has 9 nitrogen and oxygen atoms in total. The fourth-order valence-electron chi connectivity index (χ4n) is 6.27. The Morgan fingerprint density at radius 2 is 1.92 bits per heavy atom. The van der Waals surface area contributed by atoms with E-state index in [1.807, 2.05) is 0 Å². The lowest BCUT2D eigenvalue weighted by molar-refractivity contribution is -0.345. The molecular weight excluding hydrogens is 529 g/mol. The Bertz CT molecular complexity index is 1260. The number of carbonyl (C=O) groups excluding carboxylic acids is 2. The molecule has 5 aliphatic rings. The summed E-state index contributed by atoms with van der Waals surface area (Å²) in [4.78, 5) is 27.3. The fourth-order valence-corrected chi connectivity index (χ4v) is 6.45. The molecule has 2 atom stereocenters. The lowest BCUT2D eigenvalue weighted by Crippen LogP contribution is -2.79. The summed E-state index contributed by atoms with van der Waals surface area (Å²) in [6.45, 7) is 0.362. The summed E-state index contributed by atoms with van der Waals surface area (Å²) in [5.41, 5.74) is 0.290. The normalized spacial score (nSPS) is 30.5. The number of benzene rings is 1. The van der Waals surface area contributed by atoms with Crippen molar-refractivity contribution in [2.45, 2.75) is 74.3 Å². The zero-order chi connectivity index (χ0) is 26.9. The second kappa shape index (κ2) is 8.85. The molecule has 1 saturated heterocycles. The molecule has 0 unspecified atom stereocenters. The van der Waals surface area contributed by atoms with Crippen molar-refractivity contribution in [3.05, 3.63) is 46.7 Å². The van der Waals surface area contributed by atoms with Gasteiger partial charge in [0.1, 0.15) is 5.75 Å². The second-order valence-corrected chi connectivity index (χ2v) is 11.2. The molecule has 2 N–H and O–H groups in total. The molecule has 38 heavy (non-hydrogen) atoms. The van der Waals surface area contributed by atoms with E-state index in [0.717, 1.165) is 0 Å². The van der Waals surface area contributed by atoms with Gasteiger partial charge in [0.2, 0.25) is 0 Å². The third-order valence-corrected chi connectivity index (χ3v) is 8.30. The van der Waals surface area contributed by atoms with Crippen molar-refractivity contribution < 1.29 is 37.3 Å². The van der Waals surface area contributed by atoms with E-state index in [4.69, 9.17) is 16.3 Å². The van der Waals surface area contributed by atoms with E-state index in [-0.39, 0.29) is 55.2 Å². The molecule has 0 spiro atoms. The van der Waals surface area contributed by atoms with Crippen molar-refractivity contribution in [3.63, 3.8) is 0 Å². The van der Waals surface area contributed by atoms with Crippen LogP contribution < -0.4 is 10.1 Å². The van der Waals surface area contributed by atoms with Gasteiger partial charge < -0.3 is 20.1 Å². The van der Waals surface area contributed by atoms with Crippen molar-refractivity contribution in [1.29, 1.82) is 0 Å². The highest BCUT2D eigenvalue weighted by molar-refractivity contribution is 6.30. The number of aliphatic hydroxyl groups is 1. The minimum Gasteiger partial charge on any atom is -0.480 e. The molecule has 2 aliphatic heterocycles. The molecule has 1 aromatic heterocycles. The van der Waals surface area contributed by atoms with Gasteiger partial charge in [-0.05, 0) is 50.3 Å². The number of aliphatic hydroxyl groups excluding tert-OH is 1. The summed E-state index contributed by atoms with van der Waals surface area (Å²) in [7, 11) is 0. The van der Waals surface area contributed by atoms with Crippen LogP contribution >= 0.6 is 11.6 Å². The van der Waals surface area contributed by atoms with Crippen molar-refractivity contribution in [2.24, 2.45) is 0 Å². The first-order valence-corrected chi connectivity index (χ1v) is 12.9. The number of hydrogen-bond donors (Lipinski definition) is 2. The number of amides is 2. The molecule has 3 saturated carbocycles. The van der Waals surface area contributed by atoms with Crippen LogP contribution in [0.1, 0.15) is 60.6 Å². The van der Waals surface area contributed by atoms with Gasteiger partial charge in [0, 0.05) is 41.8 Å². The Balaban J connectivity index is 1.02. The van der Waals surface area contributed by atoms with Gasteiger partial charge in [-0.2, -0.15) is 5.10 Å². The number of halogens is 4. The quantitative estimate of drug-likeness (QED) is 0.587. The summed E-state index contributed by atoms with van der Waals surface area (Å²) in [5, 5.41) is 18.4. The van der Waals surface area contributed by atoms with Gasteiger partial charge in [-0.3, -0.25) is 19.0 Å². The number of ether oxygens (including phenoxy) is 2. The summed E-state index contributed by atoms with van der Waals surface area (Å²) >= 11 is 5.99. The first-order valence-electron chi connectivity index (χ1n) is 12.5. The van der Waals surface area contributed by atoms with Gasteiger partial charge in [-0.1, -0.05) is 11.6 Å². The largest absolute Gasteiger partial charge is 0.522 e. The molecule has 0 radical (unpaired) electrons. The molecule has 3 aliphatic carbocycles. The monoisotopic (exact) mass is 554 g/mol. The molecule has 13 heteroatoms. The topological polar surface area (TPSA) is 106 Å². The summed E-state index contributed by atoms with van der Waals surface area (Å²) in [5.74, 6) is -0.119. The maximum absolute atomic E-state index is 12.9. The van der Waals surface area contributed by atoms with Gasteiger partial charge >= 0.3 is 6.36 Å². The number of nitrogens with one attached hydrogen (secondary N) is 1. The van der Waals surface area contributed by atoms with E-state index in [9.17, 15) is 27.9 Å². The molecular formula is C25H26ClF3N4O5. The number of nitrogens with zero attached hydrogens (tertiary/aromatic N) is 3. The van der Waals surface area contributed by atoms with Crippen molar-refractivity contribution in [2.75, 3.05) is 13.1 Å². The number of likely N-dealkylation sites (tertiary alicyclic amines) is 1. The van der Waals surface area contributed by atoms with Crippen LogP contribution in [0.4, 0.5) is 13.2 Å². The van der Waals surface area contributed by atoms with E-state index in [2.05, 4.69) is 15.2 Å². The number of aromatic nitrogens is 2. The number of hydrogen-bond acceptors (Lipinski definition) is 6. The van der Waals surface area contributed by atoms with Gasteiger partial charge in [0.25, 0.3) is 11.8 Å². The molecule has 2 amide bonds. The highest BCUT2D eigenvalue weighted by Crippen LogP contribution is 2.65. The Hall–Kier alpha value is -2.83. The molecule has 2 bridgehead atoms. The average Bonchev–Trinajstić information content (AvgIpc) is 3.29. The van der Waals surface area contributed by atoms with E-state index in [1.165, 1.54) is 11.1 Å². The van der Waals surface area contributed by atoms with E-state index in [1.54, 1.807) is 29.1 Å². The molecule has 1 aromatic carbocycles. The summed E-state index contributed by atoms with van der Waals surface area (Å²) in [6, 6.07) is 4.92. The van der Waals surface area contributed by atoms with Crippen molar-refractivity contribution >= 4 is 23.4 Å². The fraction of sp³-hybridized carbons (Fsp3) is 0.560. The predicted octanol–water partition coefficient (Wildman–Crippen LogP) is 3.31. The van der Waals surface area contributed by atoms with Crippen LogP contribution in [-0.4, -0.2) is 68.8 Å². The van der Waals surface area contributed by atoms with Crippen LogP contribution in [0.25, 0.3) is 0 Å². The minimum atomic E-state index is -4.68. The van der Waals surface area contributed by atoms with Gasteiger partial charge in [-0.15, -0.1) is 13.2 Å². The standard InChI is InChI=1S/C25H26ClF3N4O5/c26-15-1-2-19-17(7-15)18(34)8-20(37-19)21(35)31-23-11-24(12-23,13-23)33-10-14(9-30-33)22(36)32-5-3-16(4-6-32)38-25(27,28)29/h1-2,7,9-10,16,18,20,34H,3-6,8,11-13H2,(H,31,35)/t18-,20-,23?,24?/m1/s1. The van der Waals surface area contributed by atoms with E-state index < -0.39 is 24.7 Å². The van der Waals surface area contributed by atoms with Crippen molar-refractivity contribution in [1.82, 2.24) is 20.0 Å². The number of carbonyl (C=O) groups is 2. The third-order valence-electron chi connectivity index (χ3n) is 8.07. The molecule has 4 fully saturated rings. The highest BCUT2D eigenvalue weighted by atomic mass is 35.5. The molecule has 7 rings (SSSR count). The van der Waals surface area contributed by atoms with Crippen molar-refractivity contribution in [3.8, 4) is 5.75 Å². The Morgan fingerprint density at radius 1 is 1.21 bits per heavy atom. The minimum absolute atomic E-state index is 0.118. The smallest absolute Gasteiger partial charge is 0.480 e. The summed E-state index contributed by atoms with van der Waals surface area (Å²) < 4.78 is 49.0. The van der Waals surface area contributed by atoms with Crippen LogP contribution in [0, 0.1) is 0 Å². The number of rotatable bonds is 5. The average molecular weight is 555 g/mol. The second-order valence-electron chi connectivity index (χ2n) is 10.8. The zero-order valence-electron chi connectivity index (χ0n) is 20.2. The Kier molecular flexibility index (Phi) is 5.93. The maximum atomic E-state index is 12.9. The van der Waals surface area contributed by atoms with Gasteiger partial charge in [-0.25, -0.2) is 0 Å². The maximum Gasteiger partial charge on any atom is 0.522 e. The lowest BCUT2D eigenvalue weighted by atomic mass is 9.44. The molecule has 3 heterocycles. The molecule has 204 valence electrons. The first-order chi connectivity index (χ1) is 17.9. The van der Waals surface area contributed by atoms with E-state index >= 15 is 0 Å². The Labute approximate surface area is 220 Å². The number of alkyl halides is 3. The number of fused-ring (bicyclic) bond motifs is 1. The first kappa shape index (κ1) is 25.4. The van der Waals surface area contributed by atoms with E-state index in [0.29, 0.717) is 41.2 Å². The predicted molar refractivity (Wildman–Crippen MR) is 126 cm³/mol. The van der Waals surface area contributed by atoms with Crippen LogP contribution in [0.2, 0.25) is 5.02 Å². The van der Waals surface area contributed by atoms with Crippen LogP contribution in [0.5, 0.6) is 5.75 Å². The number of piperidine rings is 1. The molecule has 2 aromatic rings. The Morgan fingerprint density at radius 3 is 2.61 bits per heavy atom. The highest BCUT2D eigenvalue weighted by Gasteiger charge is 2.70. The van der Waals surface area contributed by atoms with Crippen LogP contribution in [0.3, 0.4) is 0 Å². The van der Waals surface area contributed by atoms with Crippen LogP contribution in [0.15, 0.2) is 30.6 Å². The third kappa shape index (κ3) is 4.52. The zero-order valence-corrected chi connectivity index (χ0v) is 21.0. The van der Waals surface area contributed by atoms with Gasteiger partial charge in [0.05, 0.1) is 29.5 Å². The van der Waals surface area contributed by atoms with Gasteiger partial charge in [0.15, 0.2) is 6.10 Å². The lowest BCUT2D eigenvalue weighted by Gasteiger charge is -2.70. The summed E-state index contributed by atoms with van der Waals surface area (Å²) in [6.07, 6.45) is -1.80. The SMILES string of the molecule is O=C(NC12CC(n3cc(C(=O)N4CCC(OC(F)(F)F)CC4)cn3)(C1)C2)[C@H]1C[C@@H](O)c2cc(Cl)ccc2O1.